The number of hydrogen-bond acceptors (Lipinski definition) is 3. The predicted octanol–water partition coefficient (Wildman–Crippen LogP) is 1.10. The molecule has 1 unspecified atom stereocenters. The van der Waals surface area contributed by atoms with E-state index in [2.05, 4.69) is 0 Å². The number of carbonyl (C=O) groups is 1. The van der Waals surface area contributed by atoms with Gasteiger partial charge in [0.1, 0.15) is 0 Å². The third-order valence-corrected chi connectivity index (χ3v) is 2.25. The minimum atomic E-state index is -2.07. The molecule has 2 rings (SSSR count). The highest BCUT2D eigenvalue weighted by Crippen LogP contribution is 2.43. The zero-order valence-corrected chi connectivity index (χ0v) is 7.89. The number of hydrogen-bond donors (Lipinski definition) is 2. The lowest BCUT2D eigenvalue weighted by Crippen LogP contribution is -2.23. The molecule has 0 radical (unpaired) electrons. The maximum Gasteiger partial charge on any atom is 0.478 e. The Hall–Kier alpha value is -1.40. The Morgan fingerprint density at radius 2 is 1.50 bits per heavy atom. The van der Waals surface area contributed by atoms with Gasteiger partial charge in [0.25, 0.3) is 11.9 Å². The van der Waals surface area contributed by atoms with Crippen molar-refractivity contribution < 1.29 is 19.1 Å². The van der Waals surface area contributed by atoms with Crippen molar-refractivity contribution in [2.75, 3.05) is 0 Å². The van der Waals surface area contributed by atoms with Crippen molar-refractivity contribution in [3.05, 3.63) is 41.9 Å². The first-order chi connectivity index (χ1) is 6.57. The van der Waals surface area contributed by atoms with Gasteiger partial charge in [0.2, 0.25) is 0 Å². The third-order valence-electron chi connectivity index (χ3n) is 1.39. The van der Waals surface area contributed by atoms with Gasteiger partial charge in [-0.1, -0.05) is 36.4 Å². The third kappa shape index (κ3) is 2.54. The molecule has 2 N–H and O–H groups in total. The van der Waals surface area contributed by atoms with E-state index in [0.717, 1.165) is 0 Å². The lowest BCUT2D eigenvalue weighted by atomic mass is 10.4. The smallest absolute Gasteiger partial charge is 0.478 e. The van der Waals surface area contributed by atoms with E-state index in [1.54, 1.807) is 0 Å². The Bertz CT molecular complexity index is 317. The van der Waals surface area contributed by atoms with Crippen molar-refractivity contribution >= 4 is 17.9 Å². The predicted molar refractivity (Wildman–Crippen MR) is 50.2 cm³/mol. The van der Waals surface area contributed by atoms with E-state index >= 15 is 0 Å². The fraction of sp³-hybridized carbons (Fsp3) is 0.125. The van der Waals surface area contributed by atoms with Crippen LogP contribution in [0.5, 0.6) is 0 Å². The number of aliphatic hydroxyl groups is 1. The summed E-state index contributed by atoms with van der Waals surface area (Å²) in [6, 6.07) is 12.0. The summed E-state index contributed by atoms with van der Waals surface area (Å²) in [6.07, 6.45) is 0. The van der Waals surface area contributed by atoms with Gasteiger partial charge in [-0.05, 0) is 0 Å². The molecule has 1 aromatic rings. The van der Waals surface area contributed by atoms with Gasteiger partial charge in [0.05, 0.1) is 0 Å². The van der Waals surface area contributed by atoms with Gasteiger partial charge in [0.15, 0.2) is 0 Å². The van der Waals surface area contributed by atoms with Gasteiger partial charge >= 0.3 is 11.0 Å². The quantitative estimate of drug-likeness (QED) is 0.415. The number of nitrogens with zero attached hydrogens (tertiary/aromatic N) is 2. The molecule has 6 heteroatoms. The van der Waals surface area contributed by atoms with E-state index in [0.29, 0.717) is 11.9 Å². The molecule has 0 saturated carbocycles. The summed E-state index contributed by atoms with van der Waals surface area (Å²) in [5.74, 6) is -1.45. The molecule has 5 nitrogen and oxygen atoms in total. The fourth-order valence-corrected chi connectivity index (χ4v) is 0.962. The molecule has 0 aromatic heterocycles. The van der Waals surface area contributed by atoms with Crippen molar-refractivity contribution in [3.8, 4) is 0 Å². The Balaban J connectivity index is 0.000000146. The highest BCUT2D eigenvalue weighted by Gasteiger charge is 2.68. The molecule has 1 atom stereocenters. The van der Waals surface area contributed by atoms with Crippen LogP contribution >= 0.6 is 11.9 Å². The molecule has 1 aromatic carbocycles. The van der Waals surface area contributed by atoms with E-state index < -0.39 is 11.0 Å². The highest BCUT2D eigenvalue weighted by atomic mass is 32.2. The summed E-state index contributed by atoms with van der Waals surface area (Å²) in [4.78, 5) is 9.82. The van der Waals surface area contributed by atoms with Crippen molar-refractivity contribution in [2.45, 2.75) is 5.06 Å². The zero-order chi connectivity index (χ0) is 10.6. The molecule has 1 saturated heterocycles. The molecular formula is C8H8N2O3S. The summed E-state index contributed by atoms with van der Waals surface area (Å²) in [7, 11) is 0. The molecule has 0 spiro atoms. The van der Waals surface area contributed by atoms with Crippen LogP contribution in [-0.4, -0.2) is 25.3 Å². The minimum absolute atomic E-state index is 0.259. The maximum atomic E-state index is 9.82. The van der Waals surface area contributed by atoms with Crippen LogP contribution in [0, 0.1) is 0 Å². The largest absolute Gasteiger partial charge is 0.487 e. The molecule has 1 heterocycles. The number of rotatable bonds is 1. The Kier molecular flexibility index (Phi) is 3.21. The number of carboxylic acid groups (broad SMARTS) is 1. The normalized spacial score (nSPS) is 23.4. The summed E-state index contributed by atoms with van der Waals surface area (Å²) >= 11 is 0.447. The van der Waals surface area contributed by atoms with Crippen molar-refractivity contribution in [3.63, 3.8) is 0 Å². The van der Waals surface area contributed by atoms with Crippen molar-refractivity contribution in [1.82, 2.24) is 0 Å². The van der Waals surface area contributed by atoms with Crippen LogP contribution in [0.1, 0.15) is 0 Å². The summed E-state index contributed by atoms with van der Waals surface area (Å²) in [5, 5.41) is 14.5. The topological polar surface area (TPSA) is 82.8 Å². The average molecular weight is 212 g/mol. The minimum Gasteiger partial charge on any atom is -0.487 e. The second kappa shape index (κ2) is 4.21. The van der Waals surface area contributed by atoms with Crippen LogP contribution in [0.2, 0.25) is 0 Å². The first-order valence-corrected chi connectivity index (χ1v) is 4.49. The van der Waals surface area contributed by atoms with E-state index in [9.17, 15) is 4.79 Å². The standard InChI is InChI=1S/C6H6.C2H2N2O3S/c1-2-4-6-5-3-1;3-4-2(7,8-4)1(5)6/h1-6H;7H,(H,5,6). The molecule has 1 aliphatic rings. The van der Waals surface area contributed by atoms with E-state index in [1.807, 2.05) is 36.4 Å². The average Bonchev–Trinajstić information content (AvgIpc) is 2.80. The molecule has 1 fully saturated rings. The van der Waals surface area contributed by atoms with Crippen LogP contribution in [0.3, 0.4) is 0 Å². The van der Waals surface area contributed by atoms with E-state index in [1.165, 1.54) is 0 Å². The molecule has 0 amide bonds. The second-order valence-corrected chi connectivity index (χ2v) is 3.53. The highest BCUT2D eigenvalue weighted by molar-refractivity contribution is 8.00. The molecule has 0 bridgehead atoms. The zero-order valence-electron chi connectivity index (χ0n) is 7.07. The lowest BCUT2D eigenvalue weighted by molar-refractivity contribution is -0.401. The summed E-state index contributed by atoms with van der Waals surface area (Å²) < 4.78 is 0.259. The summed E-state index contributed by atoms with van der Waals surface area (Å²) in [6.45, 7) is 0. The van der Waals surface area contributed by atoms with Crippen LogP contribution in [-0.2, 0) is 4.79 Å². The van der Waals surface area contributed by atoms with Crippen LogP contribution in [0.15, 0.2) is 36.4 Å². The lowest BCUT2D eigenvalue weighted by Gasteiger charge is -1.83. The van der Waals surface area contributed by atoms with Gasteiger partial charge in [-0.25, -0.2) is 4.79 Å². The van der Waals surface area contributed by atoms with Gasteiger partial charge in [-0.2, -0.15) is 4.10 Å². The maximum absolute atomic E-state index is 9.82. The SMILES string of the molecule is [N-]=[N+]1SC1(O)C(=O)O.c1ccccc1. The first-order valence-electron chi connectivity index (χ1n) is 3.71. The van der Waals surface area contributed by atoms with Crippen LogP contribution < -0.4 is 0 Å². The number of aliphatic carboxylic acids is 1. The summed E-state index contributed by atoms with van der Waals surface area (Å²) in [5.41, 5.74) is 8.22. The second-order valence-electron chi connectivity index (χ2n) is 2.43. The molecule has 1 aliphatic heterocycles. The Morgan fingerprint density at radius 1 is 1.21 bits per heavy atom. The van der Waals surface area contributed by atoms with Crippen LogP contribution in [0.4, 0.5) is 0 Å². The molecule has 14 heavy (non-hydrogen) atoms. The van der Waals surface area contributed by atoms with Crippen molar-refractivity contribution in [1.29, 1.82) is 0 Å². The van der Waals surface area contributed by atoms with Gasteiger partial charge in [-0.3, -0.25) is 0 Å². The first kappa shape index (κ1) is 10.7. The number of carboxylic acids is 1. The van der Waals surface area contributed by atoms with Crippen molar-refractivity contribution in [2.24, 2.45) is 0 Å². The fourth-order valence-electron chi connectivity index (χ4n) is 0.606. The van der Waals surface area contributed by atoms with E-state index in [-0.39, 0.29) is 4.10 Å². The van der Waals surface area contributed by atoms with Gasteiger partial charge in [0, 0.05) is 0 Å². The molecular weight excluding hydrogens is 204 g/mol. The Labute approximate surface area is 84.6 Å². The van der Waals surface area contributed by atoms with Gasteiger partial charge < -0.3 is 15.7 Å². The molecule has 0 aliphatic carbocycles. The monoisotopic (exact) mass is 212 g/mol. The van der Waals surface area contributed by atoms with Crippen LogP contribution in [0.25, 0.3) is 5.53 Å². The van der Waals surface area contributed by atoms with Gasteiger partial charge in [-0.15, -0.1) is 0 Å². The Morgan fingerprint density at radius 3 is 1.57 bits per heavy atom. The number of benzene rings is 1. The van der Waals surface area contributed by atoms with E-state index in [4.69, 9.17) is 15.7 Å². The molecule has 74 valence electrons.